The van der Waals surface area contributed by atoms with E-state index in [1.165, 1.54) is 5.56 Å². The molecule has 0 saturated heterocycles. The van der Waals surface area contributed by atoms with Gasteiger partial charge in [-0.25, -0.2) is 4.98 Å². The molecular weight excluding hydrogens is 210 g/mol. The van der Waals surface area contributed by atoms with E-state index in [0.29, 0.717) is 12.2 Å². The molecule has 2 rings (SSSR count). The molecule has 17 heavy (non-hydrogen) atoms. The number of pyridine rings is 1. The van der Waals surface area contributed by atoms with E-state index in [-0.39, 0.29) is 0 Å². The summed E-state index contributed by atoms with van der Waals surface area (Å²) >= 11 is 0. The van der Waals surface area contributed by atoms with Gasteiger partial charge in [0.1, 0.15) is 11.8 Å². The highest BCUT2D eigenvalue weighted by Gasteiger charge is 2.01. The lowest BCUT2D eigenvalue weighted by atomic mass is 10.2. The van der Waals surface area contributed by atoms with E-state index >= 15 is 0 Å². The Bertz CT molecular complexity index is 514. The van der Waals surface area contributed by atoms with Crippen LogP contribution < -0.4 is 5.32 Å². The average Bonchev–Trinajstić information content (AvgIpc) is 2.40. The summed E-state index contributed by atoms with van der Waals surface area (Å²) in [6.07, 6.45) is 1.64. The molecule has 0 fully saturated rings. The maximum atomic E-state index is 8.89. The normalized spacial score (nSPS) is 9.82. The molecule has 0 unspecified atom stereocenters. The summed E-state index contributed by atoms with van der Waals surface area (Å²) in [6, 6.07) is 16.0. The number of nitriles is 1. The molecular formula is C14H13N3. The van der Waals surface area contributed by atoms with E-state index < -0.39 is 0 Å². The zero-order valence-corrected chi connectivity index (χ0v) is 9.43. The van der Waals surface area contributed by atoms with Gasteiger partial charge in [-0.3, -0.25) is 0 Å². The molecule has 0 spiro atoms. The van der Waals surface area contributed by atoms with E-state index in [1.807, 2.05) is 30.3 Å². The number of nitrogens with zero attached hydrogens (tertiary/aromatic N) is 2. The van der Waals surface area contributed by atoms with E-state index in [1.54, 1.807) is 6.20 Å². The predicted octanol–water partition coefficient (Wildman–Crippen LogP) is 2.24. The van der Waals surface area contributed by atoms with Crippen LogP contribution in [0.15, 0.2) is 48.7 Å². The molecule has 84 valence electrons. The molecule has 0 radical (unpaired) electrons. The van der Waals surface area contributed by atoms with Crippen LogP contribution in [0.4, 0.5) is 0 Å². The van der Waals surface area contributed by atoms with Gasteiger partial charge in [-0.2, -0.15) is 5.26 Å². The standard InChI is InChI=1S/C14H13N3/c15-9-14-13(7-4-8-17-14)11-16-10-12-5-2-1-3-6-12/h1-8,16H,10-11H2. The first-order valence-electron chi connectivity index (χ1n) is 5.49. The van der Waals surface area contributed by atoms with Crippen molar-refractivity contribution in [3.8, 4) is 6.07 Å². The van der Waals surface area contributed by atoms with Gasteiger partial charge in [0.05, 0.1) is 0 Å². The number of benzene rings is 1. The monoisotopic (exact) mass is 223 g/mol. The number of hydrogen-bond donors (Lipinski definition) is 1. The second-order valence-corrected chi connectivity index (χ2v) is 3.71. The number of nitrogens with one attached hydrogen (secondary N) is 1. The smallest absolute Gasteiger partial charge is 0.144 e. The first-order chi connectivity index (χ1) is 8.40. The van der Waals surface area contributed by atoms with Gasteiger partial charge in [0.15, 0.2) is 0 Å². The van der Waals surface area contributed by atoms with Crippen molar-refractivity contribution in [2.24, 2.45) is 0 Å². The molecule has 0 aliphatic rings. The predicted molar refractivity (Wildman–Crippen MR) is 65.9 cm³/mol. The summed E-state index contributed by atoms with van der Waals surface area (Å²) in [5.41, 5.74) is 2.66. The Balaban J connectivity index is 1.93. The number of hydrogen-bond acceptors (Lipinski definition) is 3. The molecule has 0 saturated carbocycles. The van der Waals surface area contributed by atoms with Crippen LogP contribution >= 0.6 is 0 Å². The third-order valence-corrected chi connectivity index (χ3v) is 2.48. The van der Waals surface area contributed by atoms with Crippen LogP contribution in [0.3, 0.4) is 0 Å². The van der Waals surface area contributed by atoms with Crippen molar-refractivity contribution < 1.29 is 0 Å². The maximum absolute atomic E-state index is 8.89. The summed E-state index contributed by atoms with van der Waals surface area (Å²) in [7, 11) is 0. The van der Waals surface area contributed by atoms with Gasteiger partial charge >= 0.3 is 0 Å². The van der Waals surface area contributed by atoms with Gasteiger partial charge in [-0.15, -0.1) is 0 Å². The lowest BCUT2D eigenvalue weighted by molar-refractivity contribution is 0.690. The van der Waals surface area contributed by atoms with Gasteiger partial charge < -0.3 is 5.32 Å². The van der Waals surface area contributed by atoms with E-state index in [0.717, 1.165) is 12.1 Å². The van der Waals surface area contributed by atoms with Crippen molar-refractivity contribution in [1.29, 1.82) is 5.26 Å². The van der Waals surface area contributed by atoms with E-state index in [4.69, 9.17) is 5.26 Å². The van der Waals surface area contributed by atoms with Crippen molar-refractivity contribution >= 4 is 0 Å². The summed E-state index contributed by atoms with van der Waals surface area (Å²) < 4.78 is 0. The zero-order valence-electron chi connectivity index (χ0n) is 9.43. The molecule has 0 bridgehead atoms. The highest BCUT2D eigenvalue weighted by molar-refractivity contribution is 5.30. The van der Waals surface area contributed by atoms with E-state index in [2.05, 4.69) is 28.5 Å². The molecule has 1 N–H and O–H groups in total. The third-order valence-electron chi connectivity index (χ3n) is 2.48. The lowest BCUT2D eigenvalue weighted by Gasteiger charge is -2.05. The van der Waals surface area contributed by atoms with Gasteiger partial charge in [0.25, 0.3) is 0 Å². The Labute approximate surface area is 101 Å². The maximum Gasteiger partial charge on any atom is 0.144 e. The van der Waals surface area contributed by atoms with Crippen LogP contribution in [0.25, 0.3) is 0 Å². The Morgan fingerprint density at radius 1 is 1.06 bits per heavy atom. The molecule has 1 aromatic carbocycles. The molecule has 3 nitrogen and oxygen atoms in total. The van der Waals surface area contributed by atoms with Crippen molar-refractivity contribution in [2.45, 2.75) is 13.1 Å². The van der Waals surface area contributed by atoms with Crippen molar-refractivity contribution in [3.05, 3.63) is 65.5 Å². The SMILES string of the molecule is N#Cc1ncccc1CNCc1ccccc1. The van der Waals surface area contributed by atoms with Crippen LogP contribution in [0.5, 0.6) is 0 Å². The molecule has 1 aromatic heterocycles. The second kappa shape index (κ2) is 5.78. The van der Waals surface area contributed by atoms with Crippen molar-refractivity contribution in [2.75, 3.05) is 0 Å². The van der Waals surface area contributed by atoms with Crippen LogP contribution in [-0.2, 0) is 13.1 Å². The average molecular weight is 223 g/mol. The van der Waals surface area contributed by atoms with E-state index in [9.17, 15) is 0 Å². The Morgan fingerprint density at radius 3 is 2.65 bits per heavy atom. The lowest BCUT2D eigenvalue weighted by Crippen LogP contribution is -2.13. The molecule has 0 atom stereocenters. The largest absolute Gasteiger partial charge is 0.309 e. The summed E-state index contributed by atoms with van der Waals surface area (Å²) in [5.74, 6) is 0. The van der Waals surface area contributed by atoms with Crippen molar-refractivity contribution in [3.63, 3.8) is 0 Å². The van der Waals surface area contributed by atoms with Crippen LogP contribution in [-0.4, -0.2) is 4.98 Å². The molecule has 3 heteroatoms. The van der Waals surface area contributed by atoms with Gasteiger partial charge in [-0.05, 0) is 11.6 Å². The quantitative estimate of drug-likeness (QED) is 0.864. The highest BCUT2D eigenvalue weighted by Crippen LogP contribution is 2.04. The molecule has 0 amide bonds. The first kappa shape index (κ1) is 11.3. The fourth-order valence-corrected chi connectivity index (χ4v) is 1.62. The van der Waals surface area contributed by atoms with Crippen LogP contribution in [0.1, 0.15) is 16.8 Å². The summed E-state index contributed by atoms with van der Waals surface area (Å²) in [6.45, 7) is 1.45. The fraction of sp³-hybridized carbons (Fsp3) is 0.143. The first-order valence-corrected chi connectivity index (χ1v) is 5.49. The summed E-state index contributed by atoms with van der Waals surface area (Å²) in [5, 5.41) is 12.2. The highest BCUT2D eigenvalue weighted by atomic mass is 14.9. The van der Waals surface area contributed by atoms with Crippen LogP contribution in [0.2, 0.25) is 0 Å². The summed E-state index contributed by atoms with van der Waals surface area (Å²) in [4.78, 5) is 4.02. The Kier molecular flexibility index (Phi) is 3.85. The topological polar surface area (TPSA) is 48.7 Å². The van der Waals surface area contributed by atoms with Gasteiger partial charge in [0, 0.05) is 24.8 Å². The molecule has 0 aliphatic heterocycles. The van der Waals surface area contributed by atoms with Gasteiger partial charge in [-0.1, -0.05) is 36.4 Å². The third kappa shape index (κ3) is 3.13. The minimum atomic E-state index is 0.494. The van der Waals surface area contributed by atoms with Crippen LogP contribution in [0, 0.1) is 11.3 Å². The minimum absolute atomic E-state index is 0.494. The Morgan fingerprint density at radius 2 is 1.88 bits per heavy atom. The second-order valence-electron chi connectivity index (χ2n) is 3.71. The number of aromatic nitrogens is 1. The van der Waals surface area contributed by atoms with Crippen molar-refractivity contribution in [1.82, 2.24) is 10.3 Å². The molecule has 0 aliphatic carbocycles. The minimum Gasteiger partial charge on any atom is -0.309 e. The molecule has 1 heterocycles. The Hall–Kier alpha value is -2.18. The number of rotatable bonds is 4. The zero-order chi connectivity index (χ0) is 11.9. The fourth-order valence-electron chi connectivity index (χ4n) is 1.62. The molecule has 2 aromatic rings. The van der Waals surface area contributed by atoms with Gasteiger partial charge in [0.2, 0.25) is 0 Å².